The molecule has 1 aromatic carbocycles. The molecule has 0 N–H and O–H groups in total. The number of esters is 1. The molecular weight excluding hydrogens is 296 g/mol. The summed E-state index contributed by atoms with van der Waals surface area (Å²) in [7, 11) is 0. The van der Waals surface area contributed by atoms with Gasteiger partial charge in [0.15, 0.2) is 6.79 Å². The summed E-state index contributed by atoms with van der Waals surface area (Å²) < 4.78 is 14.8. The largest absolute Gasteiger partial charge is 0.691 e. The molecule has 21 heavy (non-hydrogen) atoms. The molecule has 0 heterocycles. The molecular formula is C14H17O6S-. The fourth-order valence-electron chi connectivity index (χ4n) is 2.20. The predicted molar refractivity (Wildman–Crippen MR) is 72.7 cm³/mol. The molecule has 0 aliphatic heterocycles. The van der Waals surface area contributed by atoms with Crippen molar-refractivity contribution < 1.29 is 28.9 Å². The first kappa shape index (κ1) is 16.3. The maximum absolute atomic E-state index is 11.8. The molecule has 1 aromatic rings. The Morgan fingerprint density at radius 1 is 1.19 bits per heavy atom. The Kier molecular flexibility index (Phi) is 6.98. The van der Waals surface area contributed by atoms with Crippen molar-refractivity contribution in [3.05, 3.63) is 29.8 Å². The van der Waals surface area contributed by atoms with Crippen molar-refractivity contribution in [3.63, 3.8) is 0 Å². The summed E-state index contributed by atoms with van der Waals surface area (Å²) in [6.45, 7) is -0.0207. The van der Waals surface area contributed by atoms with Crippen molar-refractivity contribution in [2.75, 3.05) is 6.79 Å². The van der Waals surface area contributed by atoms with Gasteiger partial charge in [0.25, 0.3) is 0 Å². The molecule has 0 saturated heterocycles. The number of hydrogen-bond donors (Lipinski definition) is 0. The predicted octanol–water partition coefficient (Wildman–Crippen LogP) is 2.38. The summed E-state index contributed by atoms with van der Waals surface area (Å²) in [4.78, 5) is 12.4. The van der Waals surface area contributed by atoms with Gasteiger partial charge in [-0.05, 0) is 37.1 Å². The van der Waals surface area contributed by atoms with Crippen LogP contribution in [0.2, 0.25) is 0 Å². The molecule has 0 spiro atoms. The van der Waals surface area contributed by atoms with Gasteiger partial charge in [-0.15, -0.1) is 0 Å². The Balaban J connectivity index is 1.72. The standard InChI is InChI=1S/C14H18O6S/c15-14(18-10-17-12-4-2-1-3-5-12)11-6-8-13(9-7-11)21-20-19-16/h6-9,12,16H,1-5,10H2/p-1. The van der Waals surface area contributed by atoms with Crippen molar-refractivity contribution in [2.45, 2.75) is 43.1 Å². The number of benzene rings is 1. The normalized spacial score (nSPS) is 15.9. The van der Waals surface area contributed by atoms with E-state index in [0.29, 0.717) is 10.5 Å². The number of rotatable bonds is 7. The minimum atomic E-state index is -0.441. The van der Waals surface area contributed by atoms with Crippen molar-refractivity contribution in [3.8, 4) is 0 Å². The van der Waals surface area contributed by atoms with E-state index in [1.54, 1.807) is 24.3 Å². The summed E-state index contributed by atoms with van der Waals surface area (Å²) in [5.74, 6) is -0.441. The van der Waals surface area contributed by atoms with Gasteiger partial charge >= 0.3 is 5.97 Å². The zero-order valence-electron chi connectivity index (χ0n) is 11.5. The topological polar surface area (TPSA) is 77.1 Å². The monoisotopic (exact) mass is 313 g/mol. The quantitative estimate of drug-likeness (QED) is 0.251. The van der Waals surface area contributed by atoms with Crippen LogP contribution in [0.1, 0.15) is 42.5 Å². The Morgan fingerprint density at radius 3 is 2.57 bits per heavy atom. The third kappa shape index (κ3) is 5.64. The first-order chi connectivity index (χ1) is 10.3. The summed E-state index contributed by atoms with van der Waals surface area (Å²) in [5, 5.41) is 12.9. The van der Waals surface area contributed by atoms with Gasteiger partial charge in [0.2, 0.25) is 0 Å². The van der Waals surface area contributed by atoms with Crippen LogP contribution in [-0.2, 0) is 18.8 Å². The van der Waals surface area contributed by atoms with Crippen LogP contribution in [0.25, 0.3) is 0 Å². The number of carbonyl (C=O) groups excluding carboxylic acids is 1. The fraction of sp³-hybridized carbons (Fsp3) is 0.500. The smallest absolute Gasteiger partial charge is 0.340 e. The molecule has 1 fully saturated rings. The maximum Gasteiger partial charge on any atom is 0.340 e. The summed E-state index contributed by atoms with van der Waals surface area (Å²) in [6.07, 6.45) is 5.87. The van der Waals surface area contributed by atoms with Crippen molar-refractivity contribution in [2.24, 2.45) is 0 Å². The van der Waals surface area contributed by atoms with E-state index in [-0.39, 0.29) is 12.9 Å². The molecule has 0 atom stereocenters. The fourth-order valence-corrected chi connectivity index (χ4v) is 2.55. The van der Waals surface area contributed by atoms with Gasteiger partial charge in [0, 0.05) is 4.90 Å². The number of carbonyl (C=O) groups is 1. The van der Waals surface area contributed by atoms with Crippen molar-refractivity contribution >= 4 is 18.0 Å². The van der Waals surface area contributed by atoms with Crippen LogP contribution in [-0.4, -0.2) is 18.9 Å². The van der Waals surface area contributed by atoms with Gasteiger partial charge in [0.1, 0.15) is 0 Å². The highest BCUT2D eigenvalue weighted by molar-refractivity contribution is 7.94. The van der Waals surface area contributed by atoms with Crippen LogP contribution in [0.3, 0.4) is 0 Å². The summed E-state index contributed by atoms with van der Waals surface area (Å²) in [5.41, 5.74) is 0.412. The molecule has 1 aliphatic carbocycles. The Hall–Kier alpha value is -1.12. The SMILES string of the molecule is O=C(OCOC1CCCCC1)c1ccc(SOO[O-])cc1. The Labute approximate surface area is 127 Å². The lowest BCUT2D eigenvalue weighted by Crippen LogP contribution is -2.19. The second-order valence-corrected chi connectivity index (χ2v) is 5.49. The van der Waals surface area contributed by atoms with Gasteiger partial charge in [-0.1, -0.05) is 19.3 Å². The van der Waals surface area contributed by atoms with Crippen LogP contribution >= 0.6 is 12.0 Å². The Morgan fingerprint density at radius 2 is 1.90 bits per heavy atom. The van der Waals surface area contributed by atoms with Crippen molar-refractivity contribution in [1.29, 1.82) is 0 Å². The van der Waals surface area contributed by atoms with Crippen LogP contribution in [0, 0.1) is 0 Å². The highest BCUT2D eigenvalue weighted by Crippen LogP contribution is 2.21. The van der Waals surface area contributed by atoms with Gasteiger partial charge in [-0.2, -0.15) is 4.33 Å². The highest BCUT2D eigenvalue weighted by atomic mass is 32.2. The second kappa shape index (κ2) is 9.01. The lowest BCUT2D eigenvalue weighted by molar-refractivity contribution is -0.777. The first-order valence-corrected chi connectivity index (χ1v) is 7.55. The lowest BCUT2D eigenvalue weighted by Gasteiger charge is -2.21. The molecule has 2 rings (SSSR count). The molecule has 0 amide bonds. The van der Waals surface area contributed by atoms with Crippen LogP contribution in [0.4, 0.5) is 0 Å². The third-order valence-corrected chi connectivity index (χ3v) is 3.88. The first-order valence-electron chi connectivity index (χ1n) is 6.81. The van der Waals surface area contributed by atoms with E-state index in [1.807, 2.05) is 0 Å². The van der Waals surface area contributed by atoms with Gasteiger partial charge in [0.05, 0.1) is 23.7 Å². The van der Waals surface area contributed by atoms with Gasteiger partial charge < -0.3 is 14.7 Å². The molecule has 116 valence electrons. The summed E-state index contributed by atoms with van der Waals surface area (Å²) >= 11 is 0.766. The van der Waals surface area contributed by atoms with Crippen LogP contribution < -0.4 is 5.26 Å². The molecule has 0 aromatic heterocycles. The van der Waals surface area contributed by atoms with E-state index in [9.17, 15) is 10.1 Å². The zero-order valence-corrected chi connectivity index (χ0v) is 12.3. The van der Waals surface area contributed by atoms with E-state index in [2.05, 4.69) is 9.37 Å². The number of ether oxygens (including phenoxy) is 2. The second-order valence-electron chi connectivity index (χ2n) is 4.72. The van der Waals surface area contributed by atoms with E-state index in [1.165, 1.54) is 19.3 Å². The van der Waals surface area contributed by atoms with E-state index in [0.717, 1.165) is 24.9 Å². The van der Waals surface area contributed by atoms with E-state index < -0.39 is 5.97 Å². The van der Waals surface area contributed by atoms with Crippen LogP contribution in [0.15, 0.2) is 29.2 Å². The van der Waals surface area contributed by atoms with Crippen molar-refractivity contribution in [1.82, 2.24) is 0 Å². The third-order valence-electron chi connectivity index (χ3n) is 3.29. The zero-order chi connectivity index (χ0) is 14.9. The van der Waals surface area contributed by atoms with Gasteiger partial charge in [-0.3, -0.25) is 5.04 Å². The Bertz CT molecular complexity index is 430. The molecule has 0 radical (unpaired) electrons. The molecule has 1 aliphatic rings. The minimum absolute atomic E-state index is 0.0207. The van der Waals surface area contributed by atoms with E-state index >= 15 is 0 Å². The molecule has 1 saturated carbocycles. The van der Waals surface area contributed by atoms with Gasteiger partial charge in [-0.25, -0.2) is 4.79 Å². The number of hydrogen-bond acceptors (Lipinski definition) is 7. The van der Waals surface area contributed by atoms with Crippen LogP contribution in [0.5, 0.6) is 0 Å². The molecule has 0 bridgehead atoms. The average Bonchev–Trinajstić information content (AvgIpc) is 2.54. The lowest BCUT2D eigenvalue weighted by atomic mass is 9.98. The highest BCUT2D eigenvalue weighted by Gasteiger charge is 2.14. The molecule has 6 nitrogen and oxygen atoms in total. The average molecular weight is 313 g/mol. The maximum atomic E-state index is 11.8. The summed E-state index contributed by atoms with van der Waals surface area (Å²) in [6, 6.07) is 6.42. The molecule has 0 unspecified atom stereocenters. The minimum Gasteiger partial charge on any atom is -0.691 e. The van der Waals surface area contributed by atoms with E-state index in [4.69, 9.17) is 9.47 Å². The molecule has 7 heteroatoms.